The van der Waals surface area contributed by atoms with Crippen molar-refractivity contribution in [2.45, 2.75) is 75.8 Å². The van der Waals surface area contributed by atoms with Gasteiger partial charge >= 0.3 is 0 Å². The van der Waals surface area contributed by atoms with Crippen LogP contribution in [-0.4, -0.2) is 60.2 Å². The van der Waals surface area contributed by atoms with Crippen LogP contribution in [0, 0.1) is 0 Å². The number of hydrogen-bond acceptors (Lipinski definition) is 6. The van der Waals surface area contributed by atoms with Crippen molar-refractivity contribution in [2.75, 3.05) is 26.1 Å². The quantitative estimate of drug-likeness (QED) is 0.251. The molecule has 0 aromatic carbocycles. The zero-order valence-electron chi connectivity index (χ0n) is 15.4. The van der Waals surface area contributed by atoms with Gasteiger partial charge in [0.1, 0.15) is 5.22 Å². The molecule has 0 aromatic rings. The van der Waals surface area contributed by atoms with Gasteiger partial charge in [0.05, 0.1) is 27.0 Å². The first-order valence-corrected chi connectivity index (χ1v) is 14.2. The third-order valence-corrected chi connectivity index (χ3v) is 8.54. The molecule has 142 valence electrons. The van der Waals surface area contributed by atoms with E-state index in [1.807, 2.05) is 0 Å². The average molecular weight is 381 g/mol. The number of ether oxygens (including phenoxy) is 3. The van der Waals surface area contributed by atoms with Crippen molar-refractivity contribution in [3.05, 3.63) is 0 Å². The van der Waals surface area contributed by atoms with E-state index in [0.717, 1.165) is 45.0 Å². The van der Waals surface area contributed by atoms with Crippen molar-refractivity contribution in [1.29, 1.82) is 0 Å². The zero-order valence-corrected chi connectivity index (χ0v) is 17.2. The van der Waals surface area contributed by atoms with E-state index in [1.54, 1.807) is 0 Å². The SMILES string of the molecule is C[Si](C)(C)[C@@]1(COS(C)(=O)=O)O[C@H]1CCCCOC1CCCCO1. The average Bonchev–Trinajstić information content (AvgIpc) is 3.20. The molecule has 0 N–H and O–H groups in total. The van der Waals surface area contributed by atoms with Gasteiger partial charge in [-0.3, -0.25) is 4.18 Å². The highest BCUT2D eigenvalue weighted by Crippen LogP contribution is 2.47. The maximum Gasteiger partial charge on any atom is 0.264 e. The fraction of sp³-hybridized carbons (Fsp3) is 1.00. The Bertz CT molecular complexity index is 497. The molecule has 1 unspecified atom stereocenters. The Kier molecular flexibility index (Phi) is 6.89. The summed E-state index contributed by atoms with van der Waals surface area (Å²) in [7, 11) is -5.13. The van der Waals surface area contributed by atoms with E-state index in [4.69, 9.17) is 18.4 Å². The Labute approximate surface area is 147 Å². The van der Waals surface area contributed by atoms with Gasteiger partial charge in [-0.15, -0.1) is 0 Å². The van der Waals surface area contributed by atoms with E-state index < -0.39 is 18.2 Å². The van der Waals surface area contributed by atoms with Crippen LogP contribution >= 0.6 is 0 Å². The molecule has 2 aliphatic rings. The van der Waals surface area contributed by atoms with Crippen LogP contribution in [0.25, 0.3) is 0 Å². The van der Waals surface area contributed by atoms with Gasteiger partial charge in [-0.05, 0) is 38.5 Å². The number of hydrogen-bond donors (Lipinski definition) is 0. The molecule has 2 rings (SSSR count). The zero-order chi connectivity index (χ0) is 17.8. The van der Waals surface area contributed by atoms with Gasteiger partial charge in [0.2, 0.25) is 0 Å². The molecule has 3 atom stereocenters. The number of rotatable bonds is 10. The minimum Gasteiger partial charge on any atom is -0.367 e. The van der Waals surface area contributed by atoms with Crippen molar-refractivity contribution in [3.63, 3.8) is 0 Å². The molecule has 0 radical (unpaired) electrons. The fourth-order valence-electron chi connectivity index (χ4n) is 3.20. The van der Waals surface area contributed by atoms with E-state index >= 15 is 0 Å². The van der Waals surface area contributed by atoms with E-state index in [0.29, 0.717) is 6.61 Å². The van der Waals surface area contributed by atoms with Gasteiger partial charge in [-0.1, -0.05) is 19.6 Å². The molecule has 6 nitrogen and oxygen atoms in total. The topological polar surface area (TPSA) is 74.4 Å². The van der Waals surface area contributed by atoms with Gasteiger partial charge in [0, 0.05) is 13.2 Å². The highest BCUT2D eigenvalue weighted by Gasteiger charge is 2.64. The normalized spacial score (nSPS) is 31.2. The van der Waals surface area contributed by atoms with Crippen molar-refractivity contribution in [1.82, 2.24) is 0 Å². The molecule has 0 aromatic heterocycles. The lowest BCUT2D eigenvalue weighted by atomic mass is 10.1. The second-order valence-corrected chi connectivity index (χ2v) is 14.9. The molecule has 0 spiro atoms. The Morgan fingerprint density at radius 3 is 2.54 bits per heavy atom. The largest absolute Gasteiger partial charge is 0.367 e. The molecule has 0 aliphatic carbocycles. The molecule has 2 aliphatic heterocycles. The summed E-state index contributed by atoms with van der Waals surface area (Å²) in [4.78, 5) is 0. The fourth-order valence-corrected chi connectivity index (χ4v) is 5.80. The second-order valence-electron chi connectivity index (χ2n) is 7.87. The Balaban J connectivity index is 1.68. The van der Waals surface area contributed by atoms with Crippen LogP contribution < -0.4 is 0 Å². The molecule has 24 heavy (non-hydrogen) atoms. The molecule has 8 heteroatoms. The second kappa shape index (κ2) is 8.14. The Morgan fingerprint density at radius 1 is 1.21 bits per heavy atom. The van der Waals surface area contributed by atoms with Crippen LogP contribution in [0.1, 0.15) is 38.5 Å². The molecule has 2 saturated heterocycles. The molecular formula is C16H32O6SSi. The van der Waals surface area contributed by atoms with Crippen LogP contribution in [0.2, 0.25) is 19.6 Å². The summed E-state index contributed by atoms with van der Waals surface area (Å²) in [5.41, 5.74) is 0. The van der Waals surface area contributed by atoms with Crippen LogP contribution in [0.3, 0.4) is 0 Å². The standard InChI is InChI=1S/C16H32O6SSi/c1-23(17,18)21-13-16(24(2,3)4)14(22-16)9-5-7-11-19-15-10-6-8-12-20-15/h14-15H,5-13H2,1-4H3/t14-,15?,16+/m0/s1. The van der Waals surface area contributed by atoms with Crippen molar-refractivity contribution in [3.8, 4) is 0 Å². The minimum absolute atomic E-state index is 0.0276. The highest BCUT2D eigenvalue weighted by molar-refractivity contribution is 7.86. The summed E-state index contributed by atoms with van der Waals surface area (Å²) in [6, 6.07) is 0. The molecular weight excluding hydrogens is 348 g/mol. The predicted molar refractivity (Wildman–Crippen MR) is 95.1 cm³/mol. The maximum atomic E-state index is 11.3. The van der Waals surface area contributed by atoms with E-state index in [2.05, 4.69) is 19.6 Å². The maximum absolute atomic E-state index is 11.3. The summed E-state index contributed by atoms with van der Waals surface area (Å²) in [6.45, 7) is 8.25. The van der Waals surface area contributed by atoms with Gasteiger partial charge in [0.15, 0.2) is 6.29 Å². The van der Waals surface area contributed by atoms with Gasteiger partial charge in [0.25, 0.3) is 10.1 Å². The highest BCUT2D eigenvalue weighted by atomic mass is 32.2. The number of unbranched alkanes of at least 4 members (excludes halogenated alkanes) is 1. The number of epoxide rings is 1. The van der Waals surface area contributed by atoms with Crippen molar-refractivity contribution >= 4 is 18.2 Å². The lowest BCUT2D eigenvalue weighted by Gasteiger charge is -2.25. The predicted octanol–water partition coefficient (Wildman–Crippen LogP) is 2.69. The molecule has 2 fully saturated rings. The van der Waals surface area contributed by atoms with E-state index in [-0.39, 0.29) is 24.2 Å². The summed E-state index contributed by atoms with van der Waals surface area (Å²) in [6.07, 6.45) is 7.37. The van der Waals surface area contributed by atoms with Crippen LogP contribution in [0.5, 0.6) is 0 Å². The Morgan fingerprint density at radius 2 is 1.96 bits per heavy atom. The van der Waals surface area contributed by atoms with Crippen LogP contribution in [0.15, 0.2) is 0 Å². The lowest BCUT2D eigenvalue weighted by Crippen LogP contribution is -2.47. The third kappa shape index (κ3) is 5.78. The molecule has 0 saturated carbocycles. The van der Waals surface area contributed by atoms with Gasteiger partial charge < -0.3 is 14.2 Å². The first-order chi connectivity index (χ1) is 11.1. The minimum atomic E-state index is -3.43. The summed E-state index contributed by atoms with van der Waals surface area (Å²) in [5.74, 6) is 0. The smallest absolute Gasteiger partial charge is 0.264 e. The Hall–Kier alpha value is 0.00688. The molecule has 0 bridgehead atoms. The summed E-state index contributed by atoms with van der Waals surface area (Å²) >= 11 is 0. The third-order valence-electron chi connectivity index (χ3n) is 4.87. The first kappa shape index (κ1) is 20.3. The van der Waals surface area contributed by atoms with Crippen LogP contribution in [0.4, 0.5) is 0 Å². The van der Waals surface area contributed by atoms with E-state index in [1.165, 1.54) is 6.42 Å². The lowest BCUT2D eigenvalue weighted by molar-refractivity contribution is -0.162. The summed E-state index contributed by atoms with van der Waals surface area (Å²) < 4.78 is 44.9. The first-order valence-electron chi connectivity index (χ1n) is 8.89. The monoisotopic (exact) mass is 380 g/mol. The summed E-state index contributed by atoms with van der Waals surface area (Å²) in [5, 5.41) is -0.372. The van der Waals surface area contributed by atoms with Gasteiger partial charge in [-0.2, -0.15) is 8.42 Å². The van der Waals surface area contributed by atoms with Crippen LogP contribution in [-0.2, 0) is 28.5 Å². The molecule has 2 heterocycles. The van der Waals surface area contributed by atoms with Gasteiger partial charge in [-0.25, -0.2) is 0 Å². The van der Waals surface area contributed by atoms with Crippen molar-refractivity contribution in [2.24, 2.45) is 0 Å². The van der Waals surface area contributed by atoms with E-state index in [9.17, 15) is 8.42 Å². The van der Waals surface area contributed by atoms with Crippen molar-refractivity contribution < 1.29 is 26.8 Å². The molecule has 0 amide bonds.